The molecule has 0 radical (unpaired) electrons. The van der Waals surface area contributed by atoms with Crippen LogP contribution < -0.4 is 10.2 Å². The van der Waals surface area contributed by atoms with Crippen molar-refractivity contribution in [3.05, 3.63) is 54.0 Å². The number of rotatable bonds is 5. The van der Waals surface area contributed by atoms with Crippen LogP contribution in [0.15, 0.2) is 42.6 Å². The van der Waals surface area contributed by atoms with Gasteiger partial charge in [-0.25, -0.2) is 9.37 Å². The van der Waals surface area contributed by atoms with Crippen molar-refractivity contribution in [1.29, 1.82) is 0 Å². The molecule has 3 nitrogen and oxygen atoms in total. The van der Waals surface area contributed by atoms with Crippen molar-refractivity contribution in [2.24, 2.45) is 0 Å². The Morgan fingerprint density at radius 2 is 1.95 bits per heavy atom. The molecular formula is C16H20FN3. The third kappa shape index (κ3) is 3.54. The quantitative estimate of drug-likeness (QED) is 0.904. The summed E-state index contributed by atoms with van der Waals surface area (Å²) >= 11 is 0. The van der Waals surface area contributed by atoms with Crippen LogP contribution in [0.3, 0.4) is 0 Å². The molecule has 0 amide bonds. The first kappa shape index (κ1) is 14.5. The van der Waals surface area contributed by atoms with Gasteiger partial charge in [-0.1, -0.05) is 32.0 Å². The number of halogens is 1. The van der Waals surface area contributed by atoms with Crippen LogP contribution in [0.1, 0.15) is 19.4 Å². The van der Waals surface area contributed by atoms with E-state index >= 15 is 0 Å². The third-order valence-corrected chi connectivity index (χ3v) is 3.08. The minimum Gasteiger partial charge on any atom is -0.327 e. The number of aromatic nitrogens is 1. The monoisotopic (exact) mass is 273 g/mol. The van der Waals surface area contributed by atoms with E-state index in [1.54, 1.807) is 17.0 Å². The molecule has 0 fully saturated rings. The Balaban J connectivity index is 2.12. The van der Waals surface area contributed by atoms with Crippen LogP contribution in [0.25, 0.3) is 0 Å². The van der Waals surface area contributed by atoms with Crippen LogP contribution in [-0.4, -0.2) is 18.1 Å². The van der Waals surface area contributed by atoms with Gasteiger partial charge in [0.2, 0.25) is 0 Å². The average molecular weight is 273 g/mol. The second kappa shape index (κ2) is 6.48. The highest BCUT2D eigenvalue weighted by Gasteiger charge is 2.09. The van der Waals surface area contributed by atoms with Crippen LogP contribution in [0.2, 0.25) is 0 Å². The van der Waals surface area contributed by atoms with E-state index in [9.17, 15) is 4.39 Å². The SMILES string of the molecule is CC(C)NCc1ccc(N(C)c2ccccc2F)nc1. The number of pyridine rings is 1. The normalized spacial score (nSPS) is 10.8. The summed E-state index contributed by atoms with van der Waals surface area (Å²) < 4.78 is 13.7. The standard InChI is InChI=1S/C16H20FN3/c1-12(2)18-10-13-8-9-16(19-11-13)20(3)15-7-5-4-6-14(15)17/h4-9,11-12,18H,10H2,1-3H3. The molecule has 1 N–H and O–H groups in total. The highest BCUT2D eigenvalue weighted by atomic mass is 19.1. The lowest BCUT2D eigenvalue weighted by Gasteiger charge is -2.19. The van der Waals surface area contributed by atoms with Crippen LogP contribution in [-0.2, 0) is 6.54 Å². The molecular weight excluding hydrogens is 253 g/mol. The Kier molecular flexibility index (Phi) is 4.69. The minimum atomic E-state index is -0.248. The molecule has 0 saturated heterocycles. The molecule has 0 unspecified atom stereocenters. The fraction of sp³-hybridized carbons (Fsp3) is 0.312. The number of benzene rings is 1. The van der Waals surface area contributed by atoms with Crippen molar-refractivity contribution in [1.82, 2.24) is 10.3 Å². The Labute approximate surface area is 119 Å². The maximum atomic E-state index is 13.7. The minimum absolute atomic E-state index is 0.248. The zero-order valence-corrected chi connectivity index (χ0v) is 12.1. The van der Waals surface area contributed by atoms with Crippen molar-refractivity contribution < 1.29 is 4.39 Å². The van der Waals surface area contributed by atoms with Crippen LogP contribution >= 0.6 is 0 Å². The van der Waals surface area contributed by atoms with Gasteiger partial charge in [-0.2, -0.15) is 0 Å². The van der Waals surface area contributed by atoms with E-state index in [0.29, 0.717) is 11.7 Å². The molecule has 2 aromatic rings. The van der Waals surface area contributed by atoms with E-state index in [-0.39, 0.29) is 5.82 Å². The summed E-state index contributed by atoms with van der Waals surface area (Å²) in [6.45, 7) is 5.00. The second-order valence-electron chi connectivity index (χ2n) is 5.07. The molecule has 20 heavy (non-hydrogen) atoms. The van der Waals surface area contributed by atoms with E-state index in [0.717, 1.165) is 17.9 Å². The summed E-state index contributed by atoms with van der Waals surface area (Å²) in [6, 6.07) is 11.0. The molecule has 0 atom stereocenters. The van der Waals surface area contributed by atoms with Gasteiger partial charge in [0.05, 0.1) is 5.69 Å². The van der Waals surface area contributed by atoms with Crippen molar-refractivity contribution >= 4 is 11.5 Å². The molecule has 0 aliphatic carbocycles. The maximum absolute atomic E-state index is 13.7. The number of anilines is 2. The van der Waals surface area contributed by atoms with E-state index in [4.69, 9.17) is 0 Å². The van der Waals surface area contributed by atoms with Crippen LogP contribution in [0.5, 0.6) is 0 Å². The molecule has 0 aliphatic rings. The van der Waals surface area contributed by atoms with Gasteiger partial charge >= 0.3 is 0 Å². The molecule has 0 saturated carbocycles. The highest BCUT2D eigenvalue weighted by Crippen LogP contribution is 2.24. The van der Waals surface area contributed by atoms with Crippen molar-refractivity contribution in [2.75, 3.05) is 11.9 Å². The molecule has 1 heterocycles. The Morgan fingerprint density at radius 1 is 1.20 bits per heavy atom. The summed E-state index contributed by atoms with van der Waals surface area (Å²) in [4.78, 5) is 6.14. The predicted molar refractivity (Wildman–Crippen MR) is 80.7 cm³/mol. The molecule has 4 heteroatoms. The van der Waals surface area contributed by atoms with Gasteiger partial charge in [-0.15, -0.1) is 0 Å². The Bertz CT molecular complexity index is 552. The number of nitrogens with one attached hydrogen (secondary N) is 1. The van der Waals surface area contributed by atoms with Gasteiger partial charge in [-0.05, 0) is 23.8 Å². The smallest absolute Gasteiger partial charge is 0.146 e. The van der Waals surface area contributed by atoms with Crippen molar-refractivity contribution in [3.63, 3.8) is 0 Å². The lowest BCUT2D eigenvalue weighted by molar-refractivity contribution is 0.588. The van der Waals surface area contributed by atoms with Gasteiger partial charge < -0.3 is 10.2 Å². The molecule has 2 rings (SSSR count). The zero-order valence-electron chi connectivity index (χ0n) is 12.1. The third-order valence-electron chi connectivity index (χ3n) is 3.08. The van der Waals surface area contributed by atoms with Gasteiger partial charge in [0.1, 0.15) is 11.6 Å². The summed E-state index contributed by atoms with van der Waals surface area (Å²) in [6.07, 6.45) is 1.82. The maximum Gasteiger partial charge on any atom is 0.146 e. The Morgan fingerprint density at radius 3 is 2.55 bits per heavy atom. The first-order valence-corrected chi connectivity index (χ1v) is 6.74. The van der Waals surface area contributed by atoms with Crippen LogP contribution in [0, 0.1) is 5.82 Å². The number of nitrogens with zero attached hydrogens (tertiary/aromatic N) is 2. The summed E-state index contributed by atoms with van der Waals surface area (Å²) in [5.41, 5.74) is 1.64. The van der Waals surface area contributed by atoms with Crippen molar-refractivity contribution in [2.45, 2.75) is 26.4 Å². The van der Waals surface area contributed by atoms with Gasteiger partial charge in [0.15, 0.2) is 0 Å². The summed E-state index contributed by atoms with van der Waals surface area (Å²) in [7, 11) is 1.81. The van der Waals surface area contributed by atoms with Gasteiger partial charge in [-0.3, -0.25) is 0 Å². The molecule has 106 valence electrons. The van der Waals surface area contributed by atoms with Gasteiger partial charge in [0, 0.05) is 25.8 Å². The highest BCUT2D eigenvalue weighted by molar-refractivity contribution is 5.59. The van der Waals surface area contributed by atoms with E-state index in [1.165, 1.54) is 6.07 Å². The zero-order chi connectivity index (χ0) is 14.5. The lowest BCUT2D eigenvalue weighted by atomic mass is 10.2. The van der Waals surface area contributed by atoms with Gasteiger partial charge in [0.25, 0.3) is 0 Å². The number of para-hydroxylation sites is 1. The van der Waals surface area contributed by atoms with Crippen molar-refractivity contribution in [3.8, 4) is 0 Å². The molecule has 0 spiro atoms. The summed E-state index contributed by atoms with van der Waals surface area (Å²) in [5, 5.41) is 3.34. The Hall–Kier alpha value is -1.94. The number of hydrogen-bond donors (Lipinski definition) is 1. The second-order valence-corrected chi connectivity index (χ2v) is 5.07. The first-order valence-electron chi connectivity index (χ1n) is 6.74. The molecule has 1 aromatic heterocycles. The topological polar surface area (TPSA) is 28.2 Å². The predicted octanol–water partition coefficient (Wildman–Crippen LogP) is 3.49. The average Bonchev–Trinajstić information content (AvgIpc) is 2.45. The largest absolute Gasteiger partial charge is 0.327 e. The molecule has 0 bridgehead atoms. The number of hydrogen-bond acceptors (Lipinski definition) is 3. The fourth-order valence-electron chi connectivity index (χ4n) is 1.89. The summed E-state index contributed by atoms with van der Waals surface area (Å²) in [5.74, 6) is 0.478. The first-order chi connectivity index (χ1) is 9.58. The molecule has 0 aliphatic heterocycles. The van der Waals surface area contributed by atoms with E-state index in [2.05, 4.69) is 24.1 Å². The fourth-order valence-corrected chi connectivity index (χ4v) is 1.89. The van der Waals surface area contributed by atoms with E-state index in [1.807, 2.05) is 31.4 Å². The lowest BCUT2D eigenvalue weighted by Crippen LogP contribution is -2.22. The van der Waals surface area contributed by atoms with E-state index < -0.39 is 0 Å². The molecule has 1 aromatic carbocycles. The van der Waals surface area contributed by atoms with Crippen LogP contribution in [0.4, 0.5) is 15.9 Å².